The number of anilines is 1. The monoisotopic (exact) mass is 329 g/mol. The van der Waals surface area contributed by atoms with Crippen LogP contribution in [0.4, 0.5) is 10.2 Å². The van der Waals surface area contributed by atoms with Crippen molar-refractivity contribution in [3.63, 3.8) is 0 Å². The van der Waals surface area contributed by atoms with E-state index in [1.165, 1.54) is 12.1 Å². The van der Waals surface area contributed by atoms with Gasteiger partial charge in [0.2, 0.25) is 0 Å². The molecule has 0 fully saturated rings. The van der Waals surface area contributed by atoms with E-state index in [0.717, 1.165) is 30.0 Å². The fourth-order valence-electron chi connectivity index (χ4n) is 2.19. The van der Waals surface area contributed by atoms with Gasteiger partial charge in [-0.25, -0.2) is 9.37 Å². The Morgan fingerprint density at radius 2 is 1.88 bits per heavy atom. The summed E-state index contributed by atoms with van der Waals surface area (Å²) in [5.74, 6) is 1.43. The fraction of sp³-hybridized carbons (Fsp3) is 0.333. The van der Waals surface area contributed by atoms with E-state index in [2.05, 4.69) is 20.6 Å². The minimum absolute atomic E-state index is 0.211. The molecule has 0 bridgehead atoms. The third-order valence-electron chi connectivity index (χ3n) is 3.53. The number of pyridine rings is 1. The van der Waals surface area contributed by atoms with Crippen LogP contribution in [-0.4, -0.2) is 38.6 Å². The van der Waals surface area contributed by atoms with Crippen molar-refractivity contribution < 1.29 is 4.39 Å². The molecule has 0 aliphatic heterocycles. The van der Waals surface area contributed by atoms with E-state index in [-0.39, 0.29) is 5.82 Å². The molecule has 2 N–H and O–H groups in total. The summed E-state index contributed by atoms with van der Waals surface area (Å²) in [5.41, 5.74) is 2.03. The molecule has 0 spiro atoms. The van der Waals surface area contributed by atoms with Gasteiger partial charge in [-0.1, -0.05) is 18.2 Å². The third-order valence-corrected chi connectivity index (χ3v) is 3.53. The molecule has 0 saturated heterocycles. The quantitative estimate of drug-likeness (QED) is 0.630. The Morgan fingerprint density at radius 1 is 1.12 bits per heavy atom. The van der Waals surface area contributed by atoms with Gasteiger partial charge in [0.05, 0.1) is 12.2 Å². The zero-order valence-electron chi connectivity index (χ0n) is 14.4. The van der Waals surface area contributed by atoms with Crippen LogP contribution in [0.1, 0.15) is 11.3 Å². The SMILES string of the molecule is CN=C(NCCc1ccc(F)cc1)NCc1cccc(N(C)C)n1. The van der Waals surface area contributed by atoms with Gasteiger partial charge in [0, 0.05) is 27.7 Å². The molecule has 0 amide bonds. The van der Waals surface area contributed by atoms with E-state index in [9.17, 15) is 4.39 Å². The molecule has 0 unspecified atom stereocenters. The van der Waals surface area contributed by atoms with Crippen LogP contribution in [0.25, 0.3) is 0 Å². The van der Waals surface area contributed by atoms with E-state index in [1.807, 2.05) is 37.2 Å². The van der Waals surface area contributed by atoms with Gasteiger partial charge in [0.25, 0.3) is 0 Å². The van der Waals surface area contributed by atoms with E-state index >= 15 is 0 Å². The van der Waals surface area contributed by atoms with Crippen molar-refractivity contribution in [3.8, 4) is 0 Å². The molecule has 2 rings (SSSR count). The number of benzene rings is 1. The van der Waals surface area contributed by atoms with Crippen molar-refractivity contribution in [2.24, 2.45) is 4.99 Å². The Hall–Kier alpha value is -2.63. The Labute approximate surface area is 142 Å². The summed E-state index contributed by atoms with van der Waals surface area (Å²) in [4.78, 5) is 10.7. The summed E-state index contributed by atoms with van der Waals surface area (Å²) in [6.45, 7) is 1.31. The van der Waals surface area contributed by atoms with Crippen molar-refractivity contribution in [2.75, 3.05) is 32.6 Å². The Kier molecular flexibility index (Phi) is 6.54. The van der Waals surface area contributed by atoms with E-state index in [4.69, 9.17) is 0 Å². The van der Waals surface area contributed by atoms with Crippen LogP contribution in [0.15, 0.2) is 47.5 Å². The van der Waals surface area contributed by atoms with Crippen molar-refractivity contribution in [3.05, 3.63) is 59.5 Å². The Balaban J connectivity index is 1.80. The fourth-order valence-corrected chi connectivity index (χ4v) is 2.19. The largest absolute Gasteiger partial charge is 0.363 e. The van der Waals surface area contributed by atoms with Crippen LogP contribution in [0.3, 0.4) is 0 Å². The van der Waals surface area contributed by atoms with Gasteiger partial charge in [-0.3, -0.25) is 4.99 Å². The van der Waals surface area contributed by atoms with Crippen LogP contribution in [0, 0.1) is 5.82 Å². The maximum absolute atomic E-state index is 12.9. The molecule has 0 aliphatic rings. The van der Waals surface area contributed by atoms with Gasteiger partial charge in [0.15, 0.2) is 5.96 Å². The highest BCUT2D eigenvalue weighted by Crippen LogP contribution is 2.07. The smallest absolute Gasteiger partial charge is 0.191 e. The molecule has 1 aromatic carbocycles. The number of nitrogens with zero attached hydrogens (tertiary/aromatic N) is 3. The Morgan fingerprint density at radius 3 is 2.54 bits per heavy atom. The lowest BCUT2D eigenvalue weighted by molar-refractivity contribution is 0.626. The minimum Gasteiger partial charge on any atom is -0.363 e. The van der Waals surface area contributed by atoms with Crippen molar-refractivity contribution in [2.45, 2.75) is 13.0 Å². The molecule has 0 radical (unpaired) electrons. The van der Waals surface area contributed by atoms with Crippen molar-refractivity contribution in [1.82, 2.24) is 15.6 Å². The van der Waals surface area contributed by atoms with Crippen molar-refractivity contribution >= 4 is 11.8 Å². The average molecular weight is 329 g/mol. The number of nitrogens with one attached hydrogen (secondary N) is 2. The Bertz CT molecular complexity index is 667. The second-order valence-corrected chi connectivity index (χ2v) is 5.61. The predicted molar refractivity (Wildman–Crippen MR) is 96.9 cm³/mol. The zero-order chi connectivity index (χ0) is 17.4. The highest BCUT2D eigenvalue weighted by molar-refractivity contribution is 5.79. The zero-order valence-corrected chi connectivity index (χ0v) is 14.4. The van der Waals surface area contributed by atoms with Gasteiger partial charge >= 0.3 is 0 Å². The molecule has 1 heterocycles. The first kappa shape index (κ1) is 17.7. The maximum atomic E-state index is 12.9. The molecule has 24 heavy (non-hydrogen) atoms. The molecule has 128 valence electrons. The summed E-state index contributed by atoms with van der Waals surface area (Å²) in [6, 6.07) is 12.5. The first-order valence-corrected chi connectivity index (χ1v) is 7.90. The summed E-state index contributed by atoms with van der Waals surface area (Å²) >= 11 is 0. The highest BCUT2D eigenvalue weighted by Gasteiger charge is 2.02. The number of halogens is 1. The minimum atomic E-state index is -0.211. The first-order valence-electron chi connectivity index (χ1n) is 7.90. The topological polar surface area (TPSA) is 52.6 Å². The second kappa shape index (κ2) is 8.86. The number of hydrogen-bond donors (Lipinski definition) is 2. The normalized spacial score (nSPS) is 11.2. The lowest BCUT2D eigenvalue weighted by Crippen LogP contribution is -2.38. The van der Waals surface area contributed by atoms with Crippen LogP contribution in [-0.2, 0) is 13.0 Å². The summed E-state index contributed by atoms with van der Waals surface area (Å²) in [6.07, 6.45) is 0.801. The number of aromatic nitrogens is 1. The summed E-state index contributed by atoms with van der Waals surface area (Å²) in [5, 5.41) is 6.49. The van der Waals surface area contributed by atoms with Crippen molar-refractivity contribution in [1.29, 1.82) is 0 Å². The average Bonchev–Trinajstić information content (AvgIpc) is 2.59. The van der Waals surface area contributed by atoms with Crippen LogP contribution in [0.5, 0.6) is 0 Å². The summed E-state index contributed by atoms with van der Waals surface area (Å²) < 4.78 is 12.9. The predicted octanol–water partition coefficient (Wildman–Crippen LogP) is 2.19. The van der Waals surface area contributed by atoms with Gasteiger partial charge in [0.1, 0.15) is 11.6 Å². The van der Waals surface area contributed by atoms with Gasteiger partial charge in [-0.05, 0) is 36.2 Å². The van der Waals surface area contributed by atoms with Gasteiger partial charge in [-0.15, -0.1) is 0 Å². The molecule has 6 heteroatoms. The number of guanidine groups is 1. The van der Waals surface area contributed by atoms with Crippen LogP contribution >= 0.6 is 0 Å². The molecular formula is C18H24FN5. The third kappa shape index (κ3) is 5.53. The molecule has 0 atom stereocenters. The van der Waals surface area contributed by atoms with Gasteiger partial charge in [-0.2, -0.15) is 0 Å². The molecule has 2 aromatic rings. The molecule has 0 aliphatic carbocycles. The molecule has 5 nitrogen and oxygen atoms in total. The maximum Gasteiger partial charge on any atom is 0.191 e. The van der Waals surface area contributed by atoms with Gasteiger partial charge < -0.3 is 15.5 Å². The molecule has 0 saturated carbocycles. The van der Waals surface area contributed by atoms with E-state index in [0.29, 0.717) is 12.5 Å². The molecule has 1 aromatic heterocycles. The lowest BCUT2D eigenvalue weighted by atomic mass is 10.1. The number of aliphatic imine (C=N–C) groups is 1. The highest BCUT2D eigenvalue weighted by atomic mass is 19.1. The summed E-state index contributed by atoms with van der Waals surface area (Å²) in [7, 11) is 5.67. The van der Waals surface area contributed by atoms with Crippen LogP contribution < -0.4 is 15.5 Å². The molecular weight excluding hydrogens is 305 g/mol. The standard InChI is InChI=1S/C18H24FN5/c1-20-18(21-12-11-14-7-9-15(19)10-8-14)22-13-16-5-4-6-17(23-16)24(2)3/h4-10H,11-13H2,1-3H3,(H2,20,21,22). The number of rotatable bonds is 6. The first-order chi connectivity index (χ1) is 11.6. The second-order valence-electron chi connectivity index (χ2n) is 5.61. The number of hydrogen-bond acceptors (Lipinski definition) is 3. The van der Waals surface area contributed by atoms with Crippen LogP contribution in [0.2, 0.25) is 0 Å². The van der Waals surface area contributed by atoms with E-state index < -0.39 is 0 Å². The lowest BCUT2D eigenvalue weighted by Gasteiger charge is -2.14. The van der Waals surface area contributed by atoms with E-state index in [1.54, 1.807) is 19.2 Å².